The fourth-order valence-electron chi connectivity index (χ4n) is 4.26. The summed E-state index contributed by atoms with van der Waals surface area (Å²) in [7, 11) is 0. The highest BCUT2D eigenvalue weighted by atomic mass is 32.1. The van der Waals surface area contributed by atoms with Crippen LogP contribution in [-0.2, 0) is 4.79 Å². The molecule has 0 saturated carbocycles. The molecule has 8 heteroatoms. The summed E-state index contributed by atoms with van der Waals surface area (Å²) in [5.41, 5.74) is 1.54. The van der Waals surface area contributed by atoms with E-state index in [4.69, 9.17) is 14.1 Å². The van der Waals surface area contributed by atoms with Gasteiger partial charge in [-0.2, -0.15) is 0 Å². The third-order valence-electron chi connectivity index (χ3n) is 5.96. The Labute approximate surface area is 201 Å². The molecule has 0 atom stereocenters. The number of aromatic nitrogens is 1. The number of para-hydroxylation sites is 3. The zero-order valence-electron chi connectivity index (χ0n) is 18.8. The predicted octanol–water partition coefficient (Wildman–Crippen LogP) is 5.51. The number of hydrogen-bond acceptors (Lipinski definition) is 6. The standard InChI is InChI=1S/C26H25N3O4S/c1-2-32-21-10-5-4-9-20(21)29(26-27-19-8-3-6-12-23(19)34-26)24(30)18-13-15-28(16-14-18)25(31)22-11-7-17-33-22/h3-12,17-18H,2,13-16H2,1H3. The molecule has 34 heavy (non-hydrogen) atoms. The molecular weight excluding hydrogens is 450 g/mol. The molecule has 1 aliphatic rings. The summed E-state index contributed by atoms with van der Waals surface area (Å²) in [6.07, 6.45) is 2.64. The zero-order valence-corrected chi connectivity index (χ0v) is 19.7. The van der Waals surface area contributed by atoms with Crippen LogP contribution in [0, 0.1) is 5.92 Å². The fraction of sp³-hybridized carbons (Fsp3) is 0.269. The van der Waals surface area contributed by atoms with Gasteiger partial charge in [0.1, 0.15) is 5.75 Å². The molecule has 1 aliphatic heterocycles. The monoisotopic (exact) mass is 475 g/mol. The molecule has 2 aromatic heterocycles. The maximum Gasteiger partial charge on any atom is 0.289 e. The first-order chi connectivity index (χ1) is 16.7. The van der Waals surface area contributed by atoms with E-state index >= 15 is 0 Å². The van der Waals surface area contributed by atoms with Crippen LogP contribution in [0.3, 0.4) is 0 Å². The molecule has 2 amide bonds. The van der Waals surface area contributed by atoms with Gasteiger partial charge in [0.2, 0.25) is 5.91 Å². The topological polar surface area (TPSA) is 75.9 Å². The molecule has 174 valence electrons. The zero-order chi connectivity index (χ0) is 23.5. The number of likely N-dealkylation sites (tertiary alicyclic amines) is 1. The number of furan rings is 1. The van der Waals surface area contributed by atoms with Crippen molar-refractivity contribution in [3.63, 3.8) is 0 Å². The minimum atomic E-state index is -0.234. The van der Waals surface area contributed by atoms with Crippen molar-refractivity contribution in [3.8, 4) is 5.75 Å². The number of thiazole rings is 1. The smallest absolute Gasteiger partial charge is 0.289 e. The lowest BCUT2D eigenvalue weighted by molar-refractivity contribution is -0.122. The van der Waals surface area contributed by atoms with Crippen LogP contribution < -0.4 is 9.64 Å². The molecule has 0 N–H and O–H groups in total. The summed E-state index contributed by atoms with van der Waals surface area (Å²) in [6, 6.07) is 18.8. The van der Waals surface area contributed by atoms with E-state index in [1.807, 2.05) is 55.5 Å². The van der Waals surface area contributed by atoms with Crippen molar-refractivity contribution in [2.45, 2.75) is 19.8 Å². The number of benzene rings is 2. The Morgan fingerprint density at radius 3 is 2.59 bits per heavy atom. The molecule has 5 rings (SSSR count). The number of fused-ring (bicyclic) bond motifs is 1. The minimum absolute atomic E-state index is 0.0312. The van der Waals surface area contributed by atoms with Crippen LogP contribution in [0.2, 0.25) is 0 Å². The van der Waals surface area contributed by atoms with Gasteiger partial charge in [-0.15, -0.1) is 0 Å². The Kier molecular flexibility index (Phi) is 6.31. The van der Waals surface area contributed by atoms with Gasteiger partial charge in [0.05, 0.1) is 28.8 Å². The van der Waals surface area contributed by atoms with Crippen molar-refractivity contribution >= 4 is 44.2 Å². The highest BCUT2D eigenvalue weighted by molar-refractivity contribution is 7.22. The van der Waals surface area contributed by atoms with Crippen LogP contribution in [0.1, 0.15) is 30.3 Å². The van der Waals surface area contributed by atoms with E-state index in [-0.39, 0.29) is 17.7 Å². The number of anilines is 2. The van der Waals surface area contributed by atoms with E-state index in [0.717, 1.165) is 10.2 Å². The molecule has 1 fully saturated rings. The van der Waals surface area contributed by atoms with Gasteiger partial charge in [-0.3, -0.25) is 14.5 Å². The Balaban J connectivity index is 1.44. The maximum atomic E-state index is 14.0. The normalized spacial score (nSPS) is 14.3. The van der Waals surface area contributed by atoms with Crippen molar-refractivity contribution in [1.82, 2.24) is 9.88 Å². The van der Waals surface area contributed by atoms with Gasteiger partial charge in [-0.1, -0.05) is 35.6 Å². The fourth-order valence-corrected chi connectivity index (χ4v) is 5.24. The second-order valence-corrected chi connectivity index (χ2v) is 9.09. The van der Waals surface area contributed by atoms with E-state index in [1.54, 1.807) is 21.9 Å². The molecule has 1 saturated heterocycles. The number of carbonyl (C=O) groups is 2. The number of carbonyl (C=O) groups excluding carboxylic acids is 2. The molecule has 0 aliphatic carbocycles. The van der Waals surface area contributed by atoms with Gasteiger partial charge >= 0.3 is 0 Å². The Hall–Kier alpha value is -3.65. The quantitative estimate of drug-likeness (QED) is 0.368. The predicted molar refractivity (Wildman–Crippen MR) is 132 cm³/mol. The van der Waals surface area contributed by atoms with E-state index in [1.165, 1.54) is 17.6 Å². The number of ether oxygens (including phenoxy) is 1. The summed E-state index contributed by atoms with van der Waals surface area (Å²) in [5, 5.41) is 0.618. The molecule has 3 heterocycles. The summed E-state index contributed by atoms with van der Waals surface area (Å²) in [4.78, 5) is 34.8. The van der Waals surface area contributed by atoms with Crippen LogP contribution >= 0.6 is 11.3 Å². The van der Waals surface area contributed by atoms with Crippen molar-refractivity contribution in [2.24, 2.45) is 5.92 Å². The third kappa shape index (κ3) is 4.28. The van der Waals surface area contributed by atoms with Crippen molar-refractivity contribution in [2.75, 3.05) is 24.6 Å². The average molecular weight is 476 g/mol. The lowest BCUT2D eigenvalue weighted by Gasteiger charge is -2.33. The van der Waals surface area contributed by atoms with Crippen LogP contribution in [-0.4, -0.2) is 41.4 Å². The second kappa shape index (κ2) is 9.69. The largest absolute Gasteiger partial charge is 0.492 e. The highest BCUT2D eigenvalue weighted by Gasteiger charge is 2.34. The van der Waals surface area contributed by atoms with Gasteiger partial charge in [0, 0.05) is 19.0 Å². The van der Waals surface area contributed by atoms with Crippen LogP contribution in [0.15, 0.2) is 71.3 Å². The summed E-state index contributed by atoms with van der Waals surface area (Å²) < 4.78 is 12.1. The Morgan fingerprint density at radius 1 is 1.09 bits per heavy atom. The minimum Gasteiger partial charge on any atom is -0.492 e. The van der Waals surface area contributed by atoms with E-state index < -0.39 is 0 Å². The van der Waals surface area contributed by atoms with E-state index in [2.05, 4.69) is 0 Å². The van der Waals surface area contributed by atoms with Crippen LogP contribution in [0.4, 0.5) is 10.8 Å². The summed E-state index contributed by atoms with van der Waals surface area (Å²) >= 11 is 1.48. The van der Waals surface area contributed by atoms with E-state index in [0.29, 0.717) is 54.9 Å². The molecule has 0 spiro atoms. The molecule has 4 aromatic rings. The van der Waals surface area contributed by atoms with Gasteiger partial charge in [-0.25, -0.2) is 4.98 Å². The molecule has 0 bridgehead atoms. The van der Waals surface area contributed by atoms with Crippen molar-refractivity contribution in [1.29, 1.82) is 0 Å². The maximum absolute atomic E-state index is 14.0. The molecule has 0 unspecified atom stereocenters. The van der Waals surface area contributed by atoms with Crippen molar-refractivity contribution < 1.29 is 18.7 Å². The number of hydrogen-bond donors (Lipinski definition) is 0. The lowest BCUT2D eigenvalue weighted by Crippen LogP contribution is -2.43. The summed E-state index contributed by atoms with van der Waals surface area (Å²) in [6.45, 7) is 3.41. The highest BCUT2D eigenvalue weighted by Crippen LogP contribution is 2.40. The summed E-state index contributed by atoms with van der Waals surface area (Å²) in [5.74, 6) is 0.564. The SMILES string of the molecule is CCOc1ccccc1N(C(=O)C1CCN(C(=O)c2ccco2)CC1)c1nc2ccccc2s1. The lowest BCUT2D eigenvalue weighted by atomic mass is 9.95. The molecule has 0 radical (unpaired) electrons. The third-order valence-corrected chi connectivity index (χ3v) is 6.99. The number of piperidine rings is 1. The van der Waals surface area contributed by atoms with Crippen molar-refractivity contribution in [3.05, 3.63) is 72.7 Å². The molecule has 7 nitrogen and oxygen atoms in total. The van der Waals surface area contributed by atoms with Gasteiger partial charge in [0.25, 0.3) is 5.91 Å². The first kappa shape index (κ1) is 22.2. The molecular formula is C26H25N3O4S. The average Bonchev–Trinajstić information content (AvgIpc) is 3.55. The number of amides is 2. The van der Waals surface area contributed by atoms with E-state index in [9.17, 15) is 9.59 Å². The first-order valence-electron chi connectivity index (χ1n) is 11.4. The number of rotatable bonds is 6. The van der Waals surface area contributed by atoms with Crippen LogP contribution in [0.5, 0.6) is 5.75 Å². The second-order valence-electron chi connectivity index (χ2n) is 8.08. The Bertz CT molecular complexity index is 1260. The Morgan fingerprint density at radius 2 is 1.85 bits per heavy atom. The van der Waals surface area contributed by atoms with Gasteiger partial charge < -0.3 is 14.1 Å². The van der Waals surface area contributed by atoms with Crippen LogP contribution in [0.25, 0.3) is 10.2 Å². The number of nitrogens with zero attached hydrogens (tertiary/aromatic N) is 3. The first-order valence-corrected chi connectivity index (χ1v) is 12.2. The van der Waals surface area contributed by atoms with Gasteiger partial charge in [0.15, 0.2) is 10.9 Å². The van der Waals surface area contributed by atoms with Gasteiger partial charge in [-0.05, 0) is 56.2 Å². The molecule has 2 aromatic carbocycles.